The van der Waals surface area contributed by atoms with E-state index in [0.29, 0.717) is 17.1 Å². The Hall–Kier alpha value is -2.89. The summed E-state index contributed by atoms with van der Waals surface area (Å²) in [5.74, 6) is 0.0703. The van der Waals surface area contributed by atoms with E-state index in [-0.39, 0.29) is 17.8 Å². The Labute approximate surface area is 126 Å². The predicted octanol–water partition coefficient (Wildman–Crippen LogP) is 3.30. The zero-order valence-electron chi connectivity index (χ0n) is 11.8. The van der Waals surface area contributed by atoms with E-state index in [9.17, 15) is 9.18 Å². The highest BCUT2D eigenvalue weighted by Gasteiger charge is 2.16. The highest BCUT2D eigenvalue weighted by Crippen LogP contribution is 2.19. The molecule has 1 unspecified atom stereocenters. The second-order valence-corrected chi connectivity index (χ2v) is 4.88. The van der Waals surface area contributed by atoms with E-state index < -0.39 is 0 Å². The SMILES string of the molecule is CC(NC(=O)c1cc(-c2ccc(F)cc2)n[nH]1)c1ccco1. The van der Waals surface area contributed by atoms with Gasteiger partial charge >= 0.3 is 0 Å². The highest BCUT2D eigenvalue weighted by atomic mass is 19.1. The lowest BCUT2D eigenvalue weighted by Crippen LogP contribution is -2.26. The molecule has 0 radical (unpaired) electrons. The standard InChI is InChI=1S/C16H14FN3O2/c1-10(15-3-2-8-22-15)18-16(21)14-9-13(19-20-14)11-4-6-12(17)7-5-11/h2-10H,1H3,(H,18,21)(H,19,20). The molecule has 0 fully saturated rings. The molecule has 2 aromatic heterocycles. The number of carbonyl (C=O) groups is 1. The number of nitrogens with zero attached hydrogens (tertiary/aromatic N) is 1. The van der Waals surface area contributed by atoms with E-state index >= 15 is 0 Å². The number of rotatable bonds is 4. The second kappa shape index (κ2) is 5.85. The Balaban J connectivity index is 1.73. The Morgan fingerprint density at radius 3 is 2.77 bits per heavy atom. The third-order valence-electron chi connectivity index (χ3n) is 3.28. The van der Waals surface area contributed by atoms with Gasteiger partial charge in [0.15, 0.2) is 0 Å². The summed E-state index contributed by atoms with van der Waals surface area (Å²) in [6, 6.07) is 10.9. The molecule has 0 aliphatic rings. The van der Waals surface area contributed by atoms with Crippen LogP contribution >= 0.6 is 0 Å². The number of nitrogens with one attached hydrogen (secondary N) is 2. The zero-order valence-corrected chi connectivity index (χ0v) is 11.8. The van der Waals surface area contributed by atoms with Crippen LogP contribution in [-0.4, -0.2) is 16.1 Å². The van der Waals surface area contributed by atoms with Crippen LogP contribution in [0.25, 0.3) is 11.3 Å². The molecule has 0 spiro atoms. The first-order valence-corrected chi connectivity index (χ1v) is 6.79. The number of aromatic nitrogens is 2. The summed E-state index contributed by atoms with van der Waals surface area (Å²) < 4.78 is 18.2. The monoisotopic (exact) mass is 299 g/mol. The van der Waals surface area contributed by atoms with Gasteiger partial charge in [-0.2, -0.15) is 5.10 Å². The molecule has 0 aliphatic carbocycles. The zero-order chi connectivity index (χ0) is 15.5. The van der Waals surface area contributed by atoms with E-state index in [0.717, 1.165) is 5.56 Å². The largest absolute Gasteiger partial charge is 0.467 e. The van der Waals surface area contributed by atoms with Crippen LogP contribution in [0.5, 0.6) is 0 Å². The van der Waals surface area contributed by atoms with Gasteiger partial charge in [0.2, 0.25) is 0 Å². The molecule has 0 saturated heterocycles. The number of halogens is 1. The number of furan rings is 1. The van der Waals surface area contributed by atoms with Gasteiger partial charge in [0.1, 0.15) is 17.3 Å². The van der Waals surface area contributed by atoms with Crippen LogP contribution in [0, 0.1) is 5.82 Å². The maximum absolute atomic E-state index is 12.9. The molecule has 22 heavy (non-hydrogen) atoms. The minimum Gasteiger partial charge on any atom is -0.467 e. The van der Waals surface area contributed by atoms with Gasteiger partial charge in [-0.25, -0.2) is 4.39 Å². The molecule has 1 aromatic carbocycles. The van der Waals surface area contributed by atoms with E-state index in [2.05, 4.69) is 15.5 Å². The summed E-state index contributed by atoms with van der Waals surface area (Å²) in [7, 11) is 0. The molecule has 0 bridgehead atoms. The van der Waals surface area contributed by atoms with Crippen LogP contribution in [-0.2, 0) is 0 Å². The van der Waals surface area contributed by atoms with Crippen molar-refractivity contribution in [2.24, 2.45) is 0 Å². The van der Waals surface area contributed by atoms with Crippen molar-refractivity contribution >= 4 is 5.91 Å². The topological polar surface area (TPSA) is 70.9 Å². The smallest absolute Gasteiger partial charge is 0.269 e. The van der Waals surface area contributed by atoms with Gasteiger partial charge in [-0.3, -0.25) is 9.89 Å². The number of carbonyl (C=O) groups excluding carboxylic acids is 1. The van der Waals surface area contributed by atoms with E-state index in [1.807, 2.05) is 6.92 Å². The van der Waals surface area contributed by atoms with Gasteiger partial charge < -0.3 is 9.73 Å². The fraction of sp³-hybridized carbons (Fsp3) is 0.125. The van der Waals surface area contributed by atoms with Crippen molar-refractivity contribution in [3.05, 3.63) is 66.0 Å². The van der Waals surface area contributed by atoms with Crippen molar-refractivity contribution in [2.75, 3.05) is 0 Å². The Kier molecular flexibility index (Phi) is 3.74. The summed E-state index contributed by atoms with van der Waals surface area (Å²) in [6.45, 7) is 1.83. The lowest BCUT2D eigenvalue weighted by molar-refractivity contribution is 0.0930. The summed E-state index contributed by atoms with van der Waals surface area (Å²) in [6.07, 6.45) is 1.56. The molecule has 2 N–H and O–H groups in total. The van der Waals surface area contributed by atoms with Crippen LogP contribution in [0.2, 0.25) is 0 Å². The van der Waals surface area contributed by atoms with Crippen molar-refractivity contribution in [1.29, 1.82) is 0 Å². The number of amides is 1. The highest BCUT2D eigenvalue weighted by molar-refractivity contribution is 5.93. The number of benzene rings is 1. The van der Waals surface area contributed by atoms with Gasteiger partial charge in [0.05, 0.1) is 18.0 Å². The van der Waals surface area contributed by atoms with Crippen molar-refractivity contribution in [3.63, 3.8) is 0 Å². The maximum Gasteiger partial charge on any atom is 0.269 e. The van der Waals surface area contributed by atoms with E-state index in [1.165, 1.54) is 12.1 Å². The van der Waals surface area contributed by atoms with Gasteiger partial charge in [-0.15, -0.1) is 0 Å². The molecule has 0 saturated carbocycles. The van der Waals surface area contributed by atoms with Crippen molar-refractivity contribution < 1.29 is 13.6 Å². The maximum atomic E-state index is 12.9. The lowest BCUT2D eigenvalue weighted by atomic mass is 10.1. The average Bonchev–Trinajstić information content (AvgIpc) is 3.20. The molecular weight excluding hydrogens is 285 g/mol. The molecule has 2 heterocycles. The first kappa shape index (κ1) is 14.1. The quantitative estimate of drug-likeness (QED) is 0.776. The Morgan fingerprint density at radius 2 is 2.09 bits per heavy atom. The van der Waals surface area contributed by atoms with Crippen molar-refractivity contribution in [3.8, 4) is 11.3 Å². The number of hydrogen-bond acceptors (Lipinski definition) is 3. The van der Waals surface area contributed by atoms with Crippen molar-refractivity contribution in [1.82, 2.24) is 15.5 Å². The molecule has 5 nitrogen and oxygen atoms in total. The predicted molar refractivity (Wildman–Crippen MR) is 78.6 cm³/mol. The molecule has 1 amide bonds. The van der Waals surface area contributed by atoms with Crippen LogP contribution in [0.15, 0.2) is 53.1 Å². The Bertz CT molecular complexity index is 763. The summed E-state index contributed by atoms with van der Waals surface area (Å²) >= 11 is 0. The average molecular weight is 299 g/mol. The van der Waals surface area contributed by atoms with Gasteiger partial charge in [0, 0.05) is 5.56 Å². The number of H-pyrrole nitrogens is 1. The number of hydrogen-bond donors (Lipinski definition) is 2. The molecular formula is C16H14FN3O2. The first-order chi connectivity index (χ1) is 10.6. The van der Waals surface area contributed by atoms with Crippen LogP contribution < -0.4 is 5.32 Å². The minimum absolute atomic E-state index is 0.250. The number of aromatic amines is 1. The van der Waals surface area contributed by atoms with Crippen molar-refractivity contribution in [2.45, 2.75) is 13.0 Å². The molecule has 1 atom stereocenters. The van der Waals surface area contributed by atoms with Gasteiger partial charge in [0.25, 0.3) is 5.91 Å². The Morgan fingerprint density at radius 1 is 1.32 bits per heavy atom. The fourth-order valence-corrected chi connectivity index (χ4v) is 2.09. The third kappa shape index (κ3) is 2.90. The van der Waals surface area contributed by atoms with E-state index in [4.69, 9.17) is 4.42 Å². The fourth-order valence-electron chi connectivity index (χ4n) is 2.09. The molecule has 0 aliphatic heterocycles. The summed E-state index contributed by atoms with van der Waals surface area (Å²) in [5.41, 5.74) is 1.64. The normalized spacial score (nSPS) is 12.1. The molecule has 3 aromatic rings. The summed E-state index contributed by atoms with van der Waals surface area (Å²) in [5, 5.41) is 9.57. The van der Waals surface area contributed by atoms with Gasteiger partial charge in [-0.05, 0) is 49.4 Å². The molecule has 112 valence electrons. The summed E-state index contributed by atoms with van der Waals surface area (Å²) in [4.78, 5) is 12.2. The minimum atomic E-state index is -0.315. The van der Waals surface area contributed by atoms with Gasteiger partial charge in [-0.1, -0.05) is 0 Å². The lowest BCUT2D eigenvalue weighted by Gasteiger charge is -2.09. The second-order valence-electron chi connectivity index (χ2n) is 4.88. The van der Waals surface area contributed by atoms with Crippen LogP contribution in [0.1, 0.15) is 29.2 Å². The third-order valence-corrected chi connectivity index (χ3v) is 3.28. The molecule has 3 rings (SSSR count). The van der Waals surface area contributed by atoms with E-state index in [1.54, 1.807) is 36.6 Å². The van der Waals surface area contributed by atoms with Crippen LogP contribution in [0.3, 0.4) is 0 Å². The first-order valence-electron chi connectivity index (χ1n) is 6.79. The molecule has 6 heteroatoms. The van der Waals surface area contributed by atoms with Crippen LogP contribution in [0.4, 0.5) is 4.39 Å².